The number of nitrogens with one attached hydrogen (secondary N) is 2. The van der Waals surface area contributed by atoms with Crippen LogP contribution in [-0.4, -0.2) is 17.9 Å². The van der Waals surface area contributed by atoms with Crippen molar-refractivity contribution in [3.8, 4) is 0 Å². The maximum Gasteiger partial charge on any atom is 0.251 e. The van der Waals surface area contributed by atoms with Crippen molar-refractivity contribution < 1.29 is 9.59 Å². The Hall–Kier alpha value is -1.84. The molecule has 20 heavy (non-hydrogen) atoms. The summed E-state index contributed by atoms with van der Waals surface area (Å²) in [4.78, 5) is 23.4. The van der Waals surface area contributed by atoms with E-state index >= 15 is 0 Å². The van der Waals surface area contributed by atoms with Gasteiger partial charge in [-0.3, -0.25) is 9.59 Å². The summed E-state index contributed by atoms with van der Waals surface area (Å²) < 4.78 is 0. The number of benzene rings is 1. The maximum atomic E-state index is 11.8. The Morgan fingerprint density at radius 3 is 2.30 bits per heavy atom. The SMILES string of the molecule is CCCCCC(=O)Nc1ccc(C(=O)NC(C)C)cc1. The zero-order valence-electron chi connectivity index (χ0n) is 12.5. The summed E-state index contributed by atoms with van der Waals surface area (Å²) in [6.07, 6.45) is 3.63. The van der Waals surface area contributed by atoms with Crippen LogP contribution < -0.4 is 10.6 Å². The van der Waals surface area contributed by atoms with Crippen molar-refractivity contribution in [3.63, 3.8) is 0 Å². The Bertz CT molecular complexity index is 438. The molecule has 0 heterocycles. The molecule has 2 N–H and O–H groups in total. The maximum absolute atomic E-state index is 11.8. The molecule has 0 fully saturated rings. The van der Waals surface area contributed by atoms with Crippen molar-refractivity contribution >= 4 is 17.5 Å². The summed E-state index contributed by atoms with van der Waals surface area (Å²) in [5, 5.41) is 5.66. The number of rotatable bonds is 7. The van der Waals surface area contributed by atoms with Crippen LogP contribution >= 0.6 is 0 Å². The molecule has 4 heteroatoms. The average molecular weight is 276 g/mol. The highest BCUT2D eigenvalue weighted by molar-refractivity contribution is 5.95. The minimum Gasteiger partial charge on any atom is -0.350 e. The number of amides is 2. The van der Waals surface area contributed by atoms with Crippen molar-refractivity contribution in [3.05, 3.63) is 29.8 Å². The summed E-state index contributed by atoms with van der Waals surface area (Å²) in [6, 6.07) is 7.07. The fraction of sp³-hybridized carbons (Fsp3) is 0.500. The van der Waals surface area contributed by atoms with E-state index < -0.39 is 0 Å². The van der Waals surface area contributed by atoms with Crippen LogP contribution in [0.15, 0.2) is 24.3 Å². The standard InChI is InChI=1S/C16H24N2O2/c1-4-5-6-7-15(19)18-14-10-8-13(9-11-14)16(20)17-12(2)3/h8-12H,4-7H2,1-3H3,(H,17,20)(H,18,19). The second-order valence-corrected chi connectivity index (χ2v) is 5.21. The van der Waals surface area contributed by atoms with Gasteiger partial charge in [-0.2, -0.15) is 0 Å². The minimum atomic E-state index is -0.0965. The summed E-state index contributed by atoms with van der Waals surface area (Å²) in [5.74, 6) is -0.0707. The van der Waals surface area contributed by atoms with Gasteiger partial charge in [0.15, 0.2) is 0 Å². The molecule has 0 radical (unpaired) electrons. The van der Waals surface area contributed by atoms with Gasteiger partial charge in [-0.1, -0.05) is 19.8 Å². The molecule has 1 rings (SSSR count). The molecule has 0 aliphatic carbocycles. The Balaban J connectivity index is 2.50. The first kappa shape index (κ1) is 16.2. The zero-order valence-corrected chi connectivity index (χ0v) is 12.5. The highest BCUT2D eigenvalue weighted by atomic mass is 16.2. The van der Waals surface area contributed by atoms with Crippen LogP contribution in [0.1, 0.15) is 56.8 Å². The van der Waals surface area contributed by atoms with Crippen molar-refractivity contribution in [2.75, 3.05) is 5.32 Å². The van der Waals surface area contributed by atoms with Gasteiger partial charge in [0.1, 0.15) is 0 Å². The number of unbranched alkanes of at least 4 members (excludes halogenated alkanes) is 2. The van der Waals surface area contributed by atoms with Crippen LogP contribution in [0.2, 0.25) is 0 Å². The van der Waals surface area contributed by atoms with Crippen molar-refractivity contribution in [2.45, 2.75) is 52.5 Å². The van der Waals surface area contributed by atoms with Crippen molar-refractivity contribution in [2.24, 2.45) is 0 Å². The van der Waals surface area contributed by atoms with Crippen LogP contribution in [0.5, 0.6) is 0 Å². The van der Waals surface area contributed by atoms with E-state index in [2.05, 4.69) is 17.6 Å². The topological polar surface area (TPSA) is 58.2 Å². The molecule has 1 aromatic rings. The predicted molar refractivity (Wildman–Crippen MR) is 81.8 cm³/mol. The molecule has 0 atom stereocenters. The molecule has 2 amide bonds. The second kappa shape index (κ2) is 8.35. The Morgan fingerprint density at radius 2 is 1.75 bits per heavy atom. The quantitative estimate of drug-likeness (QED) is 0.750. The first-order chi connectivity index (χ1) is 9.52. The van der Waals surface area contributed by atoms with Crippen molar-refractivity contribution in [1.29, 1.82) is 0 Å². The fourth-order valence-corrected chi connectivity index (χ4v) is 1.81. The molecular weight excluding hydrogens is 252 g/mol. The van der Waals surface area contributed by atoms with Crippen LogP contribution in [0.3, 0.4) is 0 Å². The van der Waals surface area contributed by atoms with Gasteiger partial charge in [-0.25, -0.2) is 0 Å². The molecule has 4 nitrogen and oxygen atoms in total. The molecule has 0 bridgehead atoms. The van der Waals surface area contributed by atoms with E-state index in [1.807, 2.05) is 13.8 Å². The van der Waals surface area contributed by atoms with E-state index in [9.17, 15) is 9.59 Å². The van der Waals surface area contributed by atoms with Crippen LogP contribution in [0.4, 0.5) is 5.69 Å². The number of hydrogen-bond donors (Lipinski definition) is 2. The van der Waals surface area contributed by atoms with E-state index in [4.69, 9.17) is 0 Å². The molecule has 0 saturated carbocycles. The predicted octanol–water partition coefficient (Wildman–Crippen LogP) is 3.34. The van der Waals surface area contributed by atoms with E-state index in [-0.39, 0.29) is 17.9 Å². The largest absolute Gasteiger partial charge is 0.350 e. The van der Waals surface area contributed by atoms with Crippen molar-refractivity contribution in [1.82, 2.24) is 5.32 Å². The summed E-state index contributed by atoms with van der Waals surface area (Å²) in [5.41, 5.74) is 1.33. The number of carbonyl (C=O) groups excluding carboxylic acids is 2. The fourth-order valence-electron chi connectivity index (χ4n) is 1.81. The summed E-state index contributed by atoms with van der Waals surface area (Å²) >= 11 is 0. The lowest BCUT2D eigenvalue weighted by Crippen LogP contribution is -2.29. The number of hydrogen-bond acceptors (Lipinski definition) is 2. The highest BCUT2D eigenvalue weighted by Gasteiger charge is 2.07. The van der Waals surface area contributed by atoms with Gasteiger partial charge in [0.2, 0.25) is 5.91 Å². The Labute approximate surface area is 121 Å². The summed E-state index contributed by atoms with van der Waals surface area (Å²) in [7, 11) is 0. The lowest BCUT2D eigenvalue weighted by molar-refractivity contribution is -0.116. The van der Waals surface area contributed by atoms with Gasteiger partial charge < -0.3 is 10.6 Å². The third-order valence-corrected chi connectivity index (χ3v) is 2.86. The number of anilines is 1. The first-order valence-electron chi connectivity index (χ1n) is 7.23. The second-order valence-electron chi connectivity index (χ2n) is 5.21. The third-order valence-electron chi connectivity index (χ3n) is 2.86. The first-order valence-corrected chi connectivity index (χ1v) is 7.23. The smallest absolute Gasteiger partial charge is 0.251 e. The Kier molecular flexibility index (Phi) is 6.77. The average Bonchev–Trinajstić information content (AvgIpc) is 2.39. The van der Waals surface area contributed by atoms with E-state index in [0.717, 1.165) is 24.9 Å². The van der Waals surface area contributed by atoms with Crippen LogP contribution in [0, 0.1) is 0 Å². The molecule has 0 aromatic heterocycles. The van der Waals surface area contributed by atoms with E-state index in [0.29, 0.717) is 12.0 Å². The Morgan fingerprint density at radius 1 is 1.10 bits per heavy atom. The van der Waals surface area contributed by atoms with Gasteiger partial charge in [-0.15, -0.1) is 0 Å². The lowest BCUT2D eigenvalue weighted by atomic mass is 10.1. The lowest BCUT2D eigenvalue weighted by Gasteiger charge is -2.09. The minimum absolute atomic E-state index is 0.0258. The van der Waals surface area contributed by atoms with E-state index in [1.54, 1.807) is 24.3 Å². The van der Waals surface area contributed by atoms with E-state index in [1.165, 1.54) is 0 Å². The van der Waals surface area contributed by atoms with Gasteiger partial charge >= 0.3 is 0 Å². The highest BCUT2D eigenvalue weighted by Crippen LogP contribution is 2.11. The number of carbonyl (C=O) groups is 2. The van der Waals surface area contributed by atoms with Gasteiger partial charge in [0, 0.05) is 23.7 Å². The third kappa shape index (κ3) is 5.87. The monoisotopic (exact) mass is 276 g/mol. The molecular formula is C16H24N2O2. The van der Waals surface area contributed by atoms with Gasteiger partial charge in [0.25, 0.3) is 5.91 Å². The van der Waals surface area contributed by atoms with Gasteiger partial charge in [0.05, 0.1) is 0 Å². The molecule has 1 aromatic carbocycles. The zero-order chi connectivity index (χ0) is 15.0. The molecule has 0 aliphatic rings. The normalized spacial score (nSPS) is 10.4. The van der Waals surface area contributed by atoms with Crippen LogP contribution in [-0.2, 0) is 4.79 Å². The van der Waals surface area contributed by atoms with Gasteiger partial charge in [-0.05, 0) is 44.5 Å². The molecule has 0 spiro atoms. The molecule has 0 saturated heterocycles. The molecule has 110 valence electrons. The summed E-state index contributed by atoms with van der Waals surface area (Å²) in [6.45, 7) is 5.95. The molecule has 0 unspecified atom stereocenters. The molecule has 0 aliphatic heterocycles. The van der Waals surface area contributed by atoms with Crippen LogP contribution in [0.25, 0.3) is 0 Å².